The van der Waals surface area contributed by atoms with Gasteiger partial charge in [0.2, 0.25) is 11.8 Å². The average Bonchev–Trinajstić information content (AvgIpc) is 3.13. The number of sulfonamides is 1. The van der Waals surface area contributed by atoms with Gasteiger partial charge in [-0.05, 0) is 78.6 Å². The maximum absolute atomic E-state index is 14.7. The molecule has 8 nitrogen and oxygen atoms in total. The topological polar surface area (TPSA) is 96.0 Å². The molecule has 0 aliphatic rings. The molecule has 0 radical (unpaired) electrons. The van der Waals surface area contributed by atoms with Crippen LogP contribution in [0.2, 0.25) is 0 Å². The summed E-state index contributed by atoms with van der Waals surface area (Å²) in [6.07, 6.45) is 0.980. The van der Waals surface area contributed by atoms with Gasteiger partial charge in [-0.1, -0.05) is 97.9 Å². The van der Waals surface area contributed by atoms with Crippen LogP contribution in [0, 0.1) is 6.92 Å². The Kier molecular flexibility index (Phi) is 11.8. The van der Waals surface area contributed by atoms with Crippen LogP contribution in [0.4, 0.5) is 5.69 Å². The van der Waals surface area contributed by atoms with Gasteiger partial charge in [-0.2, -0.15) is 0 Å². The van der Waals surface area contributed by atoms with E-state index in [1.807, 2.05) is 98.8 Å². The van der Waals surface area contributed by atoms with E-state index in [1.165, 1.54) is 17.0 Å². The molecule has 0 heterocycles. The van der Waals surface area contributed by atoms with Crippen LogP contribution in [0.1, 0.15) is 30.0 Å². The lowest BCUT2D eigenvalue weighted by Gasteiger charge is -2.34. The number of anilines is 1. The minimum absolute atomic E-state index is 0.0411. The van der Waals surface area contributed by atoms with Crippen LogP contribution in [-0.4, -0.2) is 44.3 Å². The van der Waals surface area contributed by atoms with Gasteiger partial charge >= 0.3 is 0 Å². The van der Waals surface area contributed by atoms with Crippen molar-refractivity contribution < 1.29 is 22.7 Å². The zero-order valence-electron chi connectivity index (χ0n) is 27.7. The molecular formula is C40H41N3O5S. The predicted molar refractivity (Wildman–Crippen MR) is 193 cm³/mol. The summed E-state index contributed by atoms with van der Waals surface area (Å²) >= 11 is 0. The molecule has 252 valence electrons. The Morgan fingerprint density at radius 1 is 0.735 bits per heavy atom. The third-order valence-corrected chi connectivity index (χ3v) is 9.92. The quantitative estimate of drug-likeness (QED) is 0.127. The van der Waals surface area contributed by atoms with Crippen LogP contribution in [0.5, 0.6) is 11.5 Å². The van der Waals surface area contributed by atoms with Crippen LogP contribution in [0.3, 0.4) is 0 Å². The summed E-state index contributed by atoms with van der Waals surface area (Å²) < 4.78 is 35.6. The molecule has 0 saturated carbocycles. The number of carbonyl (C=O) groups is 2. The highest BCUT2D eigenvalue weighted by atomic mass is 32.2. The van der Waals surface area contributed by atoms with Gasteiger partial charge in [-0.25, -0.2) is 8.42 Å². The van der Waals surface area contributed by atoms with E-state index in [9.17, 15) is 18.0 Å². The normalized spacial score (nSPS) is 11.7. The number of aryl methyl sites for hydroxylation is 1. The molecule has 0 aliphatic carbocycles. The summed E-state index contributed by atoms with van der Waals surface area (Å²) in [4.78, 5) is 30.0. The van der Waals surface area contributed by atoms with Gasteiger partial charge in [0, 0.05) is 19.5 Å². The smallest absolute Gasteiger partial charge is 0.264 e. The summed E-state index contributed by atoms with van der Waals surface area (Å²) in [5, 5.41) is 2.98. The fourth-order valence-electron chi connectivity index (χ4n) is 5.44. The van der Waals surface area contributed by atoms with E-state index in [2.05, 4.69) is 5.32 Å². The first-order valence-corrected chi connectivity index (χ1v) is 17.8. The molecular weight excluding hydrogens is 635 g/mol. The van der Waals surface area contributed by atoms with Crippen molar-refractivity contribution in [3.05, 3.63) is 156 Å². The molecule has 5 aromatic carbocycles. The Balaban J connectivity index is 1.55. The first-order valence-electron chi connectivity index (χ1n) is 16.3. The first-order chi connectivity index (χ1) is 23.8. The van der Waals surface area contributed by atoms with Gasteiger partial charge in [0.15, 0.2) is 0 Å². The Hall–Kier alpha value is -5.41. The Labute approximate surface area is 289 Å². The highest BCUT2D eigenvalue weighted by Gasteiger charge is 2.34. The molecule has 0 unspecified atom stereocenters. The molecule has 9 heteroatoms. The summed E-state index contributed by atoms with van der Waals surface area (Å²) in [6, 6.07) is 40.1. The number of para-hydroxylation sites is 1. The third kappa shape index (κ3) is 9.15. The van der Waals surface area contributed by atoms with Crippen LogP contribution in [0.25, 0.3) is 0 Å². The number of nitrogens with zero attached hydrogens (tertiary/aromatic N) is 2. The molecule has 0 spiro atoms. The van der Waals surface area contributed by atoms with E-state index in [4.69, 9.17) is 4.74 Å². The second-order valence-electron chi connectivity index (χ2n) is 11.7. The molecule has 1 N–H and O–H groups in total. The molecule has 2 amide bonds. The van der Waals surface area contributed by atoms with Crippen molar-refractivity contribution in [1.82, 2.24) is 10.2 Å². The maximum Gasteiger partial charge on any atom is 0.264 e. The van der Waals surface area contributed by atoms with E-state index in [1.54, 1.807) is 42.5 Å². The number of benzene rings is 5. The fraction of sp³-hybridized carbons (Fsp3) is 0.200. The van der Waals surface area contributed by atoms with Crippen molar-refractivity contribution in [2.75, 3.05) is 17.4 Å². The van der Waals surface area contributed by atoms with Crippen LogP contribution in [-0.2, 0) is 32.6 Å². The van der Waals surface area contributed by atoms with E-state index in [0.29, 0.717) is 18.0 Å². The van der Waals surface area contributed by atoms with Gasteiger partial charge in [-0.3, -0.25) is 13.9 Å². The van der Waals surface area contributed by atoms with E-state index in [-0.39, 0.29) is 29.5 Å². The number of rotatable bonds is 15. The van der Waals surface area contributed by atoms with Crippen LogP contribution < -0.4 is 14.4 Å². The second-order valence-corrected chi connectivity index (χ2v) is 13.5. The van der Waals surface area contributed by atoms with Crippen molar-refractivity contribution in [2.45, 2.75) is 44.2 Å². The monoisotopic (exact) mass is 675 g/mol. The molecule has 0 aromatic heterocycles. The van der Waals surface area contributed by atoms with Gasteiger partial charge < -0.3 is 15.0 Å². The SMILES string of the molecule is CCCNC(=O)[C@@H](Cc1ccccc1)N(Cc1ccccc1C)C(=O)CN(c1ccc(Oc2ccccc2)cc1)S(=O)(=O)c1ccccc1. The standard InChI is InChI=1S/C40H41N3O5S/c1-3-27-41-40(45)38(28-32-16-7-4-8-17-32)42(29-33-18-14-13-15-31(33)2)39(44)30-43(49(46,47)37-21-11-6-12-22-37)34-23-25-36(26-24-34)48-35-19-9-5-10-20-35/h4-26,38H,3,27-30H2,1-2H3,(H,41,45)/t38-/m1/s1. The van der Waals surface area contributed by atoms with Crippen LogP contribution in [0.15, 0.2) is 144 Å². The van der Waals surface area contributed by atoms with E-state index in [0.717, 1.165) is 27.4 Å². The lowest BCUT2D eigenvalue weighted by molar-refractivity contribution is -0.140. The summed E-state index contributed by atoms with van der Waals surface area (Å²) in [5.74, 6) is 0.333. The fourth-order valence-corrected chi connectivity index (χ4v) is 6.88. The number of amides is 2. The Morgan fingerprint density at radius 3 is 1.94 bits per heavy atom. The highest BCUT2D eigenvalue weighted by molar-refractivity contribution is 7.92. The number of hydrogen-bond donors (Lipinski definition) is 1. The Bertz CT molecular complexity index is 1920. The summed E-state index contributed by atoms with van der Waals surface area (Å²) in [5.41, 5.74) is 2.97. The first kappa shape index (κ1) is 34.9. The van der Waals surface area contributed by atoms with Crippen molar-refractivity contribution in [3.63, 3.8) is 0 Å². The van der Waals surface area contributed by atoms with Crippen LogP contribution >= 0.6 is 0 Å². The van der Waals surface area contributed by atoms with E-state index < -0.39 is 28.5 Å². The molecule has 0 bridgehead atoms. The minimum atomic E-state index is -4.21. The molecule has 0 aliphatic heterocycles. The molecule has 49 heavy (non-hydrogen) atoms. The zero-order chi connectivity index (χ0) is 34.6. The van der Waals surface area contributed by atoms with Gasteiger partial charge in [0.1, 0.15) is 24.1 Å². The zero-order valence-corrected chi connectivity index (χ0v) is 28.6. The largest absolute Gasteiger partial charge is 0.457 e. The number of carbonyl (C=O) groups excluding carboxylic acids is 2. The maximum atomic E-state index is 14.7. The third-order valence-electron chi connectivity index (χ3n) is 8.14. The van der Waals surface area contributed by atoms with Crippen molar-refractivity contribution in [1.29, 1.82) is 0 Å². The number of nitrogens with one attached hydrogen (secondary N) is 1. The minimum Gasteiger partial charge on any atom is -0.457 e. The second kappa shape index (κ2) is 16.6. The van der Waals surface area contributed by atoms with Crippen molar-refractivity contribution in [3.8, 4) is 11.5 Å². The molecule has 5 rings (SSSR count). The Morgan fingerprint density at radius 2 is 1.31 bits per heavy atom. The summed E-state index contributed by atoms with van der Waals surface area (Å²) in [7, 11) is -4.21. The molecule has 0 fully saturated rings. The molecule has 5 aromatic rings. The van der Waals surface area contributed by atoms with E-state index >= 15 is 0 Å². The predicted octanol–water partition coefficient (Wildman–Crippen LogP) is 7.15. The van der Waals surface area contributed by atoms with Gasteiger partial charge in [-0.15, -0.1) is 0 Å². The lowest BCUT2D eigenvalue weighted by atomic mass is 10.0. The molecule has 0 saturated heterocycles. The van der Waals surface area contributed by atoms with Crippen molar-refractivity contribution in [2.24, 2.45) is 0 Å². The number of hydrogen-bond acceptors (Lipinski definition) is 5. The van der Waals surface area contributed by atoms with Gasteiger partial charge in [0.25, 0.3) is 10.0 Å². The summed E-state index contributed by atoms with van der Waals surface area (Å²) in [6.45, 7) is 3.94. The molecule has 1 atom stereocenters. The average molecular weight is 676 g/mol. The highest BCUT2D eigenvalue weighted by Crippen LogP contribution is 2.29. The van der Waals surface area contributed by atoms with Crippen molar-refractivity contribution >= 4 is 27.5 Å². The number of ether oxygens (including phenoxy) is 1. The van der Waals surface area contributed by atoms with Gasteiger partial charge in [0.05, 0.1) is 10.6 Å². The lowest BCUT2D eigenvalue weighted by Crippen LogP contribution is -2.53.